The number of fused-ring (bicyclic) bond motifs is 1. The first-order chi connectivity index (χ1) is 8.29. The summed E-state index contributed by atoms with van der Waals surface area (Å²) in [4.78, 5) is 0. The molecular formula is C14H22N2O. The molecule has 3 nitrogen and oxygen atoms in total. The molecule has 1 heterocycles. The lowest BCUT2D eigenvalue weighted by Crippen LogP contribution is -2.22. The fraction of sp³-hybridized carbons (Fsp3) is 0.571. The van der Waals surface area contributed by atoms with Crippen LogP contribution in [0.15, 0.2) is 18.2 Å². The maximum atomic E-state index is 5.53. The summed E-state index contributed by atoms with van der Waals surface area (Å²) in [7, 11) is 0. The zero-order valence-corrected chi connectivity index (χ0v) is 10.5. The molecule has 1 aliphatic heterocycles. The number of hydrogen-bond acceptors (Lipinski definition) is 3. The maximum Gasteiger partial charge on any atom is 0.122 e. The van der Waals surface area contributed by atoms with Gasteiger partial charge in [-0.2, -0.15) is 0 Å². The molecule has 1 unspecified atom stereocenters. The molecule has 0 radical (unpaired) electrons. The third-order valence-corrected chi connectivity index (χ3v) is 3.24. The van der Waals surface area contributed by atoms with E-state index in [4.69, 9.17) is 10.5 Å². The highest BCUT2D eigenvalue weighted by Gasteiger charge is 2.11. The Labute approximate surface area is 103 Å². The lowest BCUT2D eigenvalue weighted by molar-refractivity contribution is 0.357. The maximum absolute atomic E-state index is 5.53. The van der Waals surface area contributed by atoms with Crippen LogP contribution in [-0.4, -0.2) is 19.7 Å². The van der Waals surface area contributed by atoms with Crippen LogP contribution in [0.25, 0.3) is 0 Å². The number of hydrogen-bond donors (Lipinski definition) is 2. The van der Waals surface area contributed by atoms with Gasteiger partial charge in [0.25, 0.3) is 0 Å². The Balaban J connectivity index is 1.79. The smallest absolute Gasteiger partial charge is 0.122 e. The van der Waals surface area contributed by atoms with E-state index in [1.54, 1.807) is 0 Å². The van der Waals surface area contributed by atoms with Crippen LogP contribution in [0.4, 0.5) is 0 Å². The average Bonchev–Trinajstić information content (AvgIpc) is 2.76. The van der Waals surface area contributed by atoms with Gasteiger partial charge in [0.2, 0.25) is 0 Å². The molecule has 0 fully saturated rings. The summed E-state index contributed by atoms with van der Waals surface area (Å²) in [5.41, 5.74) is 8.22. The molecule has 1 aliphatic rings. The lowest BCUT2D eigenvalue weighted by Gasteiger charge is -2.11. The van der Waals surface area contributed by atoms with Crippen LogP contribution < -0.4 is 15.8 Å². The minimum absolute atomic E-state index is 0.651. The predicted octanol–water partition coefficient (Wildman–Crippen LogP) is 1.70. The second-order valence-electron chi connectivity index (χ2n) is 4.85. The molecule has 94 valence electrons. The van der Waals surface area contributed by atoms with Crippen molar-refractivity contribution in [3.63, 3.8) is 0 Å². The van der Waals surface area contributed by atoms with Gasteiger partial charge in [-0.3, -0.25) is 0 Å². The standard InChI is InChI=1S/C14H22N2O/c1-11(4-6-15)9-16-10-12-2-3-14-13(8-12)5-7-17-14/h2-3,8,11,16H,4-7,9-10,15H2,1H3. The van der Waals surface area contributed by atoms with E-state index in [0.29, 0.717) is 5.92 Å². The Bertz CT molecular complexity index is 365. The first-order valence-corrected chi connectivity index (χ1v) is 6.45. The minimum atomic E-state index is 0.651. The Morgan fingerprint density at radius 1 is 1.47 bits per heavy atom. The zero-order valence-electron chi connectivity index (χ0n) is 10.5. The van der Waals surface area contributed by atoms with Crippen molar-refractivity contribution in [2.75, 3.05) is 19.7 Å². The van der Waals surface area contributed by atoms with Gasteiger partial charge in [-0.05, 0) is 42.6 Å². The predicted molar refractivity (Wildman–Crippen MR) is 70.2 cm³/mol. The van der Waals surface area contributed by atoms with Gasteiger partial charge in [0.1, 0.15) is 5.75 Å². The van der Waals surface area contributed by atoms with Crippen molar-refractivity contribution in [2.24, 2.45) is 11.7 Å². The largest absolute Gasteiger partial charge is 0.493 e. The molecule has 0 aromatic heterocycles. The average molecular weight is 234 g/mol. The molecule has 1 aromatic carbocycles. The Hall–Kier alpha value is -1.06. The van der Waals surface area contributed by atoms with Crippen molar-refractivity contribution >= 4 is 0 Å². The van der Waals surface area contributed by atoms with Gasteiger partial charge in [0.15, 0.2) is 0 Å². The Morgan fingerprint density at radius 2 is 2.35 bits per heavy atom. The molecule has 0 spiro atoms. The monoisotopic (exact) mass is 234 g/mol. The van der Waals surface area contributed by atoms with Crippen molar-refractivity contribution in [1.29, 1.82) is 0 Å². The van der Waals surface area contributed by atoms with E-state index >= 15 is 0 Å². The Kier molecular flexibility index (Phi) is 4.40. The summed E-state index contributed by atoms with van der Waals surface area (Å²) in [6.45, 7) is 5.81. The fourth-order valence-corrected chi connectivity index (χ4v) is 2.20. The second kappa shape index (κ2) is 6.03. The summed E-state index contributed by atoms with van der Waals surface area (Å²) in [6.07, 6.45) is 2.14. The molecule has 0 bridgehead atoms. The molecule has 0 amide bonds. The van der Waals surface area contributed by atoms with E-state index in [-0.39, 0.29) is 0 Å². The highest BCUT2D eigenvalue weighted by Crippen LogP contribution is 2.25. The summed E-state index contributed by atoms with van der Waals surface area (Å²) in [5.74, 6) is 1.71. The SMILES string of the molecule is CC(CCN)CNCc1ccc2c(c1)CCO2. The number of rotatable bonds is 6. The van der Waals surface area contributed by atoms with Crippen LogP contribution in [-0.2, 0) is 13.0 Å². The van der Waals surface area contributed by atoms with E-state index in [1.807, 2.05) is 0 Å². The van der Waals surface area contributed by atoms with Crippen molar-refractivity contribution in [1.82, 2.24) is 5.32 Å². The van der Waals surface area contributed by atoms with Gasteiger partial charge in [-0.1, -0.05) is 19.1 Å². The first-order valence-electron chi connectivity index (χ1n) is 6.45. The van der Waals surface area contributed by atoms with E-state index in [2.05, 4.69) is 30.4 Å². The molecular weight excluding hydrogens is 212 g/mol. The van der Waals surface area contributed by atoms with Crippen LogP contribution in [0, 0.1) is 5.92 Å². The van der Waals surface area contributed by atoms with Crippen LogP contribution in [0.1, 0.15) is 24.5 Å². The highest BCUT2D eigenvalue weighted by molar-refractivity contribution is 5.39. The molecule has 3 N–H and O–H groups in total. The van der Waals surface area contributed by atoms with Crippen LogP contribution in [0.2, 0.25) is 0 Å². The summed E-state index contributed by atoms with van der Waals surface area (Å²) < 4.78 is 5.49. The Morgan fingerprint density at radius 3 is 3.18 bits per heavy atom. The van der Waals surface area contributed by atoms with E-state index in [0.717, 1.165) is 44.8 Å². The molecule has 0 saturated heterocycles. The molecule has 2 rings (SSSR count). The summed E-state index contributed by atoms with van der Waals surface area (Å²) >= 11 is 0. The molecule has 1 atom stereocenters. The van der Waals surface area contributed by atoms with Crippen LogP contribution in [0.5, 0.6) is 5.75 Å². The third kappa shape index (κ3) is 3.45. The summed E-state index contributed by atoms with van der Waals surface area (Å²) in [6, 6.07) is 6.48. The molecule has 0 aliphatic carbocycles. The van der Waals surface area contributed by atoms with Gasteiger partial charge >= 0.3 is 0 Å². The summed E-state index contributed by atoms with van der Waals surface area (Å²) in [5, 5.41) is 3.48. The zero-order chi connectivity index (χ0) is 12.1. The topological polar surface area (TPSA) is 47.3 Å². The van der Waals surface area contributed by atoms with Crippen molar-refractivity contribution in [3.05, 3.63) is 29.3 Å². The van der Waals surface area contributed by atoms with Crippen molar-refractivity contribution in [2.45, 2.75) is 26.3 Å². The number of ether oxygens (including phenoxy) is 1. The van der Waals surface area contributed by atoms with Crippen LogP contribution in [0.3, 0.4) is 0 Å². The van der Waals surface area contributed by atoms with E-state index < -0.39 is 0 Å². The first kappa shape index (κ1) is 12.4. The van der Waals surface area contributed by atoms with Gasteiger partial charge in [-0.25, -0.2) is 0 Å². The van der Waals surface area contributed by atoms with Crippen LogP contribution >= 0.6 is 0 Å². The van der Waals surface area contributed by atoms with Crippen molar-refractivity contribution < 1.29 is 4.74 Å². The number of benzene rings is 1. The molecule has 3 heteroatoms. The third-order valence-electron chi connectivity index (χ3n) is 3.24. The number of nitrogens with two attached hydrogens (primary N) is 1. The van der Waals surface area contributed by atoms with Crippen molar-refractivity contribution in [3.8, 4) is 5.75 Å². The van der Waals surface area contributed by atoms with Gasteiger partial charge in [0.05, 0.1) is 6.61 Å². The normalized spacial score (nSPS) is 15.4. The molecule has 17 heavy (non-hydrogen) atoms. The number of nitrogens with one attached hydrogen (secondary N) is 1. The second-order valence-corrected chi connectivity index (χ2v) is 4.85. The van der Waals surface area contributed by atoms with E-state index in [1.165, 1.54) is 11.1 Å². The fourth-order valence-electron chi connectivity index (χ4n) is 2.20. The van der Waals surface area contributed by atoms with Gasteiger partial charge in [-0.15, -0.1) is 0 Å². The minimum Gasteiger partial charge on any atom is -0.493 e. The lowest BCUT2D eigenvalue weighted by atomic mass is 10.1. The van der Waals surface area contributed by atoms with Gasteiger partial charge < -0.3 is 15.8 Å². The quantitative estimate of drug-likeness (QED) is 0.787. The highest BCUT2D eigenvalue weighted by atomic mass is 16.5. The van der Waals surface area contributed by atoms with E-state index in [9.17, 15) is 0 Å². The molecule has 1 aromatic rings. The molecule has 0 saturated carbocycles. The van der Waals surface area contributed by atoms with Gasteiger partial charge in [0, 0.05) is 13.0 Å².